The van der Waals surface area contributed by atoms with Gasteiger partial charge in [-0.3, -0.25) is 4.79 Å². The van der Waals surface area contributed by atoms with Gasteiger partial charge in [0.1, 0.15) is 11.6 Å². The van der Waals surface area contributed by atoms with Crippen molar-refractivity contribution < 1.29 is 13.6 Å². The van der Waals surface area contributed by atoms with Crippen LogP contribution in [0, 0.1) is 5.82 Å². The summed E-state index contributed by atoms with van der Waals surface area (Å²) in [7, 11) is 0. The molecule has 112 valence electrons. The van der Waals surface area contributed by atoms with Crippen molar-refractivity contribution in [1.29, 1.82) is 0 Å². The number of benzene rings is 1. The van der Waals surface area contributed by atoms with Gasteiger partial charge in [-0.2, -0.15) is 0 Å². The molecule has 0 aliphatic rings. The van der Waals surface area contributed by atoms with Gasteiger partial charge in [0.15, 0.2) is 5.76 Å². The van der Waals surface area contributed by atoms with Crippen LogP contribution >= 0.6 is 27.3 Å². The molecule has 0 radical (unpaired) electrons. The van der Waals surface area contributed by atoms with Crippen molar-refractivity contribution in [3.8, 4) is 11.3 Å². The van der Waals surface area contributed by atoms with Gasteiger partial charge in [0.05, 0.1) is 10.3 Å². The van der Waals surface area contributed by atoms with Crippen LogP contribution < -0.4 is 5.32 Å². The SMILES string of the molecule is O=C(NCc1ccc(Br)s1)c1ccc(-c2ccc(F)cc2)o1. The second kappa shape index (κ2) is 6.46. The number of amides is 1. The molecule has 0 aliphatic heterocycles. The van der Waals surface area contributed by atoms with Gasteiger partial charge in [-0.05, 0) is 64.5 Å². The molecular weight excluding hydrogens is 369 g/mol. The van der Waals surface area contributed by atoms with Gasteiger partial charge in [-0.25, -0.2) is 4.39 Å². The number of thiophene rings is 1. The third-order valence-electron chi connectivity index (χ3n) is 3.01. The molecule has 1 aromatic carbocycles. The van der Waals surface area contributed by atoms with Crippen LogP contribution in [0.2, 0.25) is 0 Å². The van der Waals surface area contributed by atoms with E-state index in [2.05, 4.69) is 21.2 Å². The van der Waals surface area contributed by atoms with Crippen LogP contribution in [0.25, 0.3) is 11.3 Å². The van der Waals surface area contributed by atoms with Crippen molar-refractivity contribution in [3.05, 3.63) is 68.8 Å². The lowest BCUT2D eigenvalue weighted by atomic mass is 10.2. The maximum absolute atomic E-state index is 12.9. The Morgan fingerprint density at radius 1 is 1.14 bits per heavy atom. The molecule has 0 saturated carbocycles. The summed E-state index contributed by atoms with van der Waals surface area (Å²) in [6, 6.07) is 13.1. The molecule has 0 saturated heterocycles. The van der Waals surface area contributed by atoms with Crippen molar-refractivity contribution in [2.45, 2.75) is 6.54 Å². The van der Waals surface area contributed by atoms with E-state index in [1.165, 1.54) is 12.1 Å². The Morgan fingerprint density at radius 3 is 2.59 bits per heavy atom. The molecule has 3 aromatic rings. The fourth-order valence-corrected chi connectivity index (χ4v) is 3.35. The maximum atomic E-state index is 12.9. The normalized spacial score (nSPS) is 10.6. The monoisotopic (exact) mass is 379 g/mol. The zero-order valence-electron chi connectivity index (χ0n) is 11.3. The summed E-state index contributed by atoms with van der Waals surface area (Å²) in [4.78, 5) is 13.1. The van der Waals surface area contributed by atoms with Crippen molar-refractivity contribution >= 4 is 33.2 Å². The van der Waals surface area contributed by atoms with Gasteiger partial charge < -0.3 is 9.73 Å². The minimum atomic E-state index is -0.310. The van der Waals surface area contributed by atoms with Crippen molar-refractivity contribution in [2.24, 2.45) is 0 Å². The smallest absolute Gasteiger partial charge is 0.287 e. The van der Waals surface area contributed by atoms with Crippen LogP contribution in [0.1, 0.15) is 15.4 Å². The summed E-state index contributed by atoms with van der Waals surface area (Å²) in [6.45, 7) is 0.446. The highest BCUT2D eigenvalue weighted by Gasteiger charge is 2.12. The Hall–Kier alpha value is -1.92. The van der Waals surface area contributed by atoms with Crippen LogP contribution in [0.3, 0.4) is 0 Å². The van der Waals surface area contributed by atoms with Crippen LogP contribution in [0.4, 0.5) is 4.39 Å². The third kappa shape index (κ3) is 3.45. The minimum Gasteiger partial charge on any atom is -0.451 e. The predicted octanol–water partition coefficient (Wildman–Crippen LogP) is 4.84. The van der Waals surface area contributed by atoms with Crippen LogP contribution in [0.5, 0.6) is 0 Å². The standard InChI is InChI=1S/C16H11BrFNO2S/c17-15-8-5-12(22-15)9-19-16(20)14-7-6-13(21-14)10-1-3-11(18)4-2-10/h1-8H,9H2,(H,19,20). The van der Waals surface area contributed by atoms with E-state index in [1.807, 2.05) is 12.1 Å². The van der Waals surface area contributed by atoms with E-state index in [-0.39, 0.29) is 17.5 Å². The van der Waals surface area contributed by atoms with Gasteiger partial charge >= 0.3 is 0 Å². The Balaban J connectivity index is 1.67. The molecule has 0 atom stereocenters. The number of furan rings is 1. The fourth-order valence-electron chi connectivity index (χ4n) is 1.93. The molecule has 0 aliphatic carbocycles. The fraction of sp³-hybridized carbons (Fsp3) is 0.0625. The largest absolute Gasteiger partial charge is 0.451 e. The zero-order valence-corrected chi connectivity index (χ0v) is 13.7. The van der Waals surface area contributed by atoms with Gasteiger partial charge in [0.2, 0.25) is 0 Å². The van der Waals surface area contributed by atoms with Gasteiger partial charge in [0.25, 0.3) is 5.91 Å². The van der Waals surface area contributed by atoms with Crippen molar-refractivity contribution in [1.82, 2.24) is 5.32 Å². The van der Waals surface area contributed by atoms with Crippen LogP contribution in [0.15, 0.2) is 56.7 Å². The zero-order chi connectivity index (χ0) is 15.5. The highest BCUT2D eigenvalue weighted by atomic mass is 79.9. The molecule has 1 amide bonds. The van der Waals surface area contributed by atoms with E-state index >= 15 is 0 Å². The lowest BCUT2D eigenvalue weighted by Crippen LogP contribution is -2.21. The number of hydrogen-bond acceptors (Lipinski definition) is 3. The number of hydrogen-bond donors (Lipinski definition) is 1. The maximum Gasteiger partial charge on any atom is 0.287 e. The van der Waals surface area contributed by atoms with Crippen LogP contribution in [-0.2, 0) is 6.54 Å². The Labute approximate surface area is 138 Å². The van der Waals surface area contributed by atoms with E-state index < -0.39 is 0 Å². The lowest BCUT2D eigenvalue weighted by molar-refractivity contribution is 0.0924. The number of carbonyl (C=O) groups excluding carboxylic acids is 1. The third-order valence-corrected chi connectivity index (χ3v) is 4.63. The Kier molecular flexibility index (Phi) is 4.40. The summed E-state index contributed by atoms with van der Waals surface area (Å²) < 4.78 is 19.4. The molecule has 3 rings (SSSR count). The molecule has 2 aromatic heterocycles. The quantitative estimate of drug-likeness (QED) is 0.704. The lowest BCUT2D eigenvalue weighted by Gasteiger charge is -2.01. The molecule has 2 heterocycles. The van der Waals surface area contributed by atoms with Crippen molar-refractivity contribution in [3.63, 3.8) is 0 Å². The summed E-state index contributed by atoms with van der Waals surface area (Å²) in [5, 5.41) is 2.80. The highest BCUT2D eigenvalue weighted by Crippen LogP contribution is 2.23. The van der Waals surface area contributed by atoms with Gasteiger partial charge in [-0.1, -0.05) is 0 Å². The van der Waals surface area contributed by atoms with E-state index in [0.717, 1.165) is 14.2 Å². The van der Waals surface area contributed by atoms with E-state index in [9.17, 15) is 9.18 Å². The second-order valence-corrected chi connectivity index (χ2v) is 7.11. The molecular formula is C16H11BrFNO2S. The molecule has 6 heteroatoms. The second-order valence-electron chi connectivity index (χ2n) is 4.56. The predicted molar refractivity (Wildman–Crippen MR) is 87.3 cm³/mol. The van der Waals surface area contributed by atoms with Gasteiger partial charge in [0, 0.05) is 10.4 Å². The first kappa shape index (κ1) is 15.0. The summed E-state index contributed by atoms with van der Waals surface area (Å²) >= 11 is 4.94. The topological polar surface area (TPSA) is 42.2 Å². The first-order valence-electron chi connectivity index (χ1n) is 6.50. The van der Waals surface area contributed by atoms with Gasteiger partial charge in [-0.15, -0.1) is 11.3 Å². The summed E-state index contributed by atoms with van der Waals surface area (Å²) in [6.07, 6.45) is 0. The van der Waals surface area contributed by atoms with E-state index in [0.29, 0.717) is 12.3 Å². The Bertz CT molecular complexity index is 795. The highest BCUT2D eigenvalue weighted by molar-refractivity contribution is 9.11. The number of carbonyl (C=O) groups is 1. The molecule has 1 N–H and O–H groups in total. The summed E-state index contributed by atoms with van der Waals surface area (Å²) in [5.41, 5.74) is 0.725. The first-order valence-corrected chi connectivity index (χ1v) is 8.11. The number of rotatable bonds is 4. The Morgan fingerprint density at radius 2 is 1.91 bits per heavy atom. The van der Waals surface area contributed by atoms with Crippen LogP contribution in [-0.4, -0.2) is 5.91 Å². The first-order chi connectivity index (χ1) is 10.6. The van der Waals surface area contributed by atoms with Crippen molar-refractivity contribution in [2.75, 3.05) is 0 Å². The minimum absolute atomic E-state index is 0.231. The number of halogens is 2. The molecule has 22 heavy (non-hydrogen) atoms. The molecule has 3 nitrogen and oxygen atoms in total. The number of nitrogens with one attached hydrogen (secondary N) is 1. The molecule has 0 spiro atoms. The average Bonchev–Trinajstić information content (AvgIpc) is 3.15. The van der Waals surface area contributed by atoms with E-state index in [4.69, 9.17) is 4.42 Å². The average molecular weight is 380 g/mol. The van der Waals surface area contributed by atoms with E-state index in [1.54, 1.807) is 35.6 Å². The molecule has 0 fully saturated rings. The molecule has 0 unspecified atom stereocenters. The molecule has 0 bridgehead atoms. The summed E-state index contributed by atoms with van der Waals surface area (Å²) in [5.74, 6) is 0.173.